The molecule has 0 spiro atoms. The van der Waals surface area contributed by atoms with E-state index < -0.39 is 11.7 Å². The second kappa shape index (κ2) is 6.81. The number of rotatable bonds is 3. The fourth-order valence-electron chi connectivity index (χ4n) is 2.01. The van der Waals surface area contributed by atoms with Crippen LogP contribution in [0.25, 0.3) is 0 Å². The third-order valence-electron chi connectivity index (χ3n) is 3.04. The number of nitrogens with one attached hydrogen (secondary N) is 2. The summed E-state index contributed by atoms with van der Waals surface area (Å²) in [6.45, 7) is 1.27. The van der Waals surface area contributed by atoms with Crippen LogP contribution in [0.3, 0.4) is 0 Å². The standard InChI is InChI=1S/C13H14ClF3N2OS/c14-11-4-3-8(6-10(11)13(15,16)17)19-12(21)18-7-9-2-1-5-20-9/h3-4,6,9H,1-2,5,7H2,(H2,18,19,21). The van der Waals surface area contributed by atoms with Crippen molar-refractivity contribution in [2.75, 3.05) is 18.5 Å². The van der Waals surface area contributed by atoms with Crippen LogP contribution in [0.5, 0.6) is 0 Å². The van der Waals surface area contributed by atoms with Crippen LogP contribution in [0.2, 0.25) is 5.02 Å². The van der Waals surface area contributed by atoms with Gasteiger partial charge in [-0.3, -0.25) is 0 Å². The van der Waals surface area contributed by atoms with Gasteiger partial charge in [-0.15, -0.1) is 0 Å². The van der Waals surface area contributed by atoms with E-state index in [-0.39, 0.29) is 21.9 Å². The minimum atomic E-state index is -4.50. The van der Waals surface area contributed by atoms with Crippen LogP contribution in [0.15, 0.2) is 18.2 Å². The third kappa shape index (κ3) is 4.72. The van der Waals surface area contributed by atoms with Gasteiger partial charge in [0.2, 0.25) is 0 Å². The van der Waals surface area contributed by atoms with Crippen molar-refractivity contribution < 1.29 is 17.9 Å². The molecule has 21 heavy (non-hydrogen) atoms. The van der Waals surface area contributed by atoms with Crippen molar-refractivity contribution in [1.82, 2.24) is 5.32 Å². The Morgan fingerprint density at radius 1 is 1.43 bits per heavy atom. The Balaban J connectivity index is 1.94. The summed E-state index contributed by atoms with van der Waals surface area (Å²) in [4.78, 5) is 0. The summed E-state index contributed by atoms with van der Waals surface area (Å²) in [5, 5.41) is 5.55. The normalized spacial score (nSPS) is 18.6. The van der Waals surface area contributed by atoms with Gasteiger partial charge in [-0.05, 0) is 43.3 Å². The predicted octanol–water partition coefficient (Wildman–Crippen LogP) is 3.82. The maximum atomic E-state index is 12.7. The molecule has 1 aromatic carbocycles. The summed E-state index contributed by atoms with van der Waals surface area (Å²) < 4.78 is 43.6. The molecule has 2 rings (SSSR count). The number of thiocarbonyl (C=S) groups is 1. The average Bonchev–Trinajstić information content (AvgIpc) is 2.90. The van der Waals surface area contributed by atoms with Gasteiger partial charge in [0.25, 0.3) is 0 Å². The lowest BCUT2D eigenvalue weighted by Gasteiger charge is -2.15. The summed E-state index contributed by atoms with van der Waals surface area (Å²) in [5.74, 6) is 0. The second-order valence-corrected chi connectivity index (χ2v) is 5.48. The van der Waals surface area contributed by atoms with E-state index in [1.165, 1.54) is 12.1 Å². The van der Waals surface area contributed by atoms with Crippen LogP contribution < -0.4 is 10.6 Å². The van der Waals surface area contributed by atoms with Gasteiger partial charge < -0.3 is 15.4 Å². The average molecular weight is 339 g/mol. The van der Waals surface area contributed by atoms with Crippen molar-refractivity contribution in [2.45, 2.75) is 25.1 Å². The number of benzene rings is 1. The zero-order chi connectivity index (χ0) is 15.5. The Bertz CT molecular complexity index is 519. The van der Waals surface area contributed by atoms with E-state index in [4.69, 9.17) is 28.6 Å². The molecule has 0 amide bonds. The lowest BCUT2D eigenvalue weighted by molar-refractivity contribution is -0.137. The van der Waals surface area contributed by atoms with E-state index in [2.05, 4.69) is 10.6 Å². The van der Waals surface area contributed by atoms with Crippen molar-refractivity contribution in [3.63, 3.8) is 0 Å². The lowest BCUT2D eigenvalue weighted by Crippen LogP contribution is -2.34. The second-order valence-electron chi connectivity index (χ2n) is 4.66. The van der Waals surface area contributed by atoms with Gasteiger partial charge in [0.15, 0.2) is 5.11 Å². The highest BCUT2D eigenvalue weighted by molar-refractivity contribution is 7.80. The van der Waals surface area contributed by atoms with Crippen molar-refractivity contribution in [2.24, 2.45) is 0 Å². The quantitative estimate of drug-likeness (QED) is 0.821. The first-order chi connectivity index (χ1) is 9.86. The van der Waals surface area contributed by atoms with Gasteiger partial charge in [-0.25, -0.2) is 0 Å². The number of hydrogen-bond acceptors (Lipinski definition) is 2. The molecule has 1 atom stereocenters. The van der Waals surface area contributed by atoms with Crippen LogP contribution in [-0.2, 0) is 10.9 Å². The van der Waals surface area contributed by atoms with Crippen LogP contribution in [0.4, 0.5) is 18.9 Å². The number of ether oxygens (including phenoxy) is 1. The Morgan fingerprint density at radius 3 is 2.81 bits per heavy atom. The molecule has 1 aliphatic heterocycles. The topological polar surface area (TPSA) is 33.3 Å². The molecule has 0 aromatic heterocycles. The summed E-state index contributed by atoms with van der Waals surface area (Å²) in [6.07, 6.45) is -2.43. The Labute approximate surface area is 130 Å². The van der Waals surface area contributed by atoms with Gasteiger partial charge in [-0.2, -0.15) is 13.2 Å². The van der Waals surface area contributed by atoms with Crippen molar-refractivity contribution in [3.8, 4) is 0 Å². The van der Waals surface area contributed by atoms with Crippen molar-refractivity contribution >= 4 is 34.6 Å². The summed E-state index contributed by atoms with van der Waals surface area (Å²) in [5.41, 5.74) is -0.660. The highest BCUT2D eigenvalue weighted by atomic mass is 35.5. The minimum absolute atomic E-state index is 0.0979. The van der Waals surface area contributed by atoms with E-state index in [0.29, 0.717) is 6.54 Å². The number of alkyl halides is 3. The number of halogens is 4. The minimum Gasteiger partial charge on any atom is -0.376 e. The third-order valence-corrected chi connectivity index (χ3v) is 3.62. The molecular weight excluding hydrogens is 325 g/mol. The molecule has 1 unspecified atom stereocenters. The Morgan fingerprint density at radius 2 is 2.19 bits per heavy atom. The highest BCUT2D eigenvalue weighted by Crippen LogP contribution is 2.36. The smallest absolute Gasteiger partial charge is 0.376 e. The van der Waals surface area contributed by atoms with Crippen molar-refractivity contribution in [3.05, 3.63) is 28.8 Å². The summed E-state index contributed by atoms with van der Waals surface area (Å²) >= 11 is 10.6. The predicted molar refractivity (Wildman–Crippen MR) is 79.7 cm³/mol. The zero-order valence-electron chi connectivity index (χ0n) is 11.0. The largest absolute Gasteiger partial charge is 0.417 e. The molecule has 116 valence electrons. The molecule has 0 bridgehead atoms. The van der Waals surface area contributed by atoms with Gasteiger partial charge in [0, 0.05) is 18.8 Å². The number of hydrogen-bond donors (Lipinski definition) is 2. The molecular formula is C13H14ClF3N2OS. The van der Waals surface area contributed by atoms with E-state index in [0.717, 1.165) is 25.5 Å². The molecule has 0 aliphatic carbocycles. The molecule has 8 heteroatoms. The van der Waals surface area contributed by atoms with Crippen LogP contribution >= 0.6 is 23.8 Å². The fourth-order valence-corrected chi connectivity index (χ4v) is 2.43. The summed E-state index contributed by atoms with van der Waals surface area (Å²) in [6, 6.07) is 3.56. The lowest BCUT2D eigenvalue weighted by atomic mass is 10.2. The number of anilines is 1. The van der Waals surface area contributed by atoms with Gasteiger partial charge in [0.05, 0.1) is 16.7 Å². The Kier molecular flexibility index (Phi) is 5.29. The van der Waals surface area contributed by atoms with Crippen molar-refractivity contribution in [1.29, 1.82) is 0 Å². The molecule has 1 aromatic rings. The molecule has 2 N–H and O–H groups in total. The SMILES string of the molecule is FC(F)(F)c1cc(NC(=S)NCC2CCCO2)ccc1Cl. The molecule has 1 fully saturated rings. The first-order valence-electron chi connectivity index (χ1n) is 6.39. The Hall–Kier alpha value is -1.05. The first-order valence-corrected chi connectivity index (χ1v) is 7.18. The molecule has 1 aliphatic rings. The van der Waals surface area contributed by atoms with Gasteiger partial charge in [0.1, 0.15) is 0 Å². The fraction of sp³-hybridized carbons (Fsp3) is 0.462. The molecule has 3 nitrogen and oxygen atoms in total. The highest BCUT2D eigenvalue weighted by Gasteiger charge is 2.33. The van der Waals surface area contributed by atoms with Gasteiger partial charge in [-0.1, -0.05) is 11.6 Å². The molecule has 1 heterocycles. The van der Waals surface area contributed by atoms with E-state index >= 15 is 0 Å². The van der Waals surface area contributed by atoms with E-state index in [1.54, 1.807) is 0 Å². The van der Waals surface area contributed by atoms with Crippen LogP contribution in [0.1, 0.15) is 18.4 Å². The molecule has 0 radical (unpaired) electrons. The maximum absolute atomic E-state index is 12.7. The zero-order valence-corrected chi connectivity index (χ0v) is 12.5. The molecule has 1 saturated heterocycles. The maximum Gasteiger partial charge on any atom is 0.417 e. The monoisotopic (exact) mass is 338 g/mol. The summed E-state index contributed by atoms with van der Waals surface area (Å²) in [7, 11) is 0. The van der Waals surface area contributed by atoms with E-state index in [1.807, 2.05) is 0 Å². The first kappa shape index (κ1) is 16.3. The van der Waals surface area contributed by atoms with Crippen LogP contribution in [-0.4, -0.2) is 24.4 Å². The van der Waals surface area contributed by atoms with Gasteiger partial charge >= 0.3 is 6.18 Å². The van der Waals surface area contributed by atoms with E-state index in [9.17, 15) is 13.2 Å². The van der Waals surface area contributed by atoms with Crippen LogP contribution in [0, 0.1) is 0 Å². The molecule has 0 saturated carbocycles.